The van der Waals surface area contributed by atoms with Crippen molar-refractivity contribution in [3.63, 3.8) is 0 Å². The molecule has 1 saturated heterocycles. The Morgan fingerprint density at radius 1 is 1.42 bits per heavy atom. The molecule has 0 saturated carbocycles. The Hall–Kier alpha value is -1.30. The molecule has 0 aromatic rings. The van der Waals surface area contributed by atoms with Crippen molar-refractivity contribution in [1.29, 1.82) is 0 Å². The molecule has 6 nitrogen and oxygen atoms in total. The van der Waals surface area contributed by atoms with Crippen LogP contribution >= 0.6 is 0 Å². The standard InChI is InChI=1S/C13H26N4O2/c1-4-5-6-11(15-13(14)19)12(18)17-8-7-16(3)9-10(17)2/h10-11H,4-9H2,1-3H3,(H3,14,15,19)/t10-,11-/m0/s1. The van der Waals surface area contributed by atoms with E-state index in [1.165, 1.54) is 0 Å². The van der Waals surface area contributed by atoms with E-state index in [0.29, 0.717) is 13.0 Å². The molecule has 6 heteroatoms. The summed E-state index contributed by atoms with van der Waals surface area (Å²) in [5, 5.41) is 2.58. The van der Waals surface area contributed by atoms with Gasteiger partial charge in [0.1, 0.15) is 6.04 Å². The number of nitrogens with one attached hydrogen (secondary N) is 1. The SMILES string of the molecule is CCCC[C@H](NC(N)=O)C(=O)N1CCN(C)C[C@@H]1C. The summed E-state index contributed by atoms with van der Waals surface area (Å²) in [5.74, 6) is -0.00662. The monoisotopic (exact) mass is 270 g/mol. The molecule has 0 unspecified atom stereocenters. The summed E-state index contributed by atoms with van der Waals surface area (Å²) in [6.45, 7) is 6.54. The molecule has 0 bridgehead atoms. The molecule has 3 amide bonds. The number of rotatable bonds is 5. The van der Waals surface area contributed by atoms with E-state index in [4.69, 9.17) is 5.73 Å². The number of urea groups is 1. The molecule has 0 radical (unpaired) electrons. The quantitative estimate of drug-likeness (QED) is 0.758. The lowest BCUT2D eigenvalue weighted by atomic mass is 10.1. The number of hydrogen-bond acceptors (Lipinski definition) is 3. The van der Waals surface area contributed by atoms with Gasteiger partial charge in [0.15, 0.2) is 0 Å². The fourth-order valence-corrected chi connectivity index (χ4v) is 2.50. The lowest BCUT2D eigenvalue weighted by Gasteiger charge is -2.39. The van der Waals surface area contributed by atoms with Gasteiger partial charge in [0.05, 0.1) is 0 Å². The molecule has 3 N–H and O–H groups in total. The van der Waals surface area contributed by atoms with Crippen LogP contribution in [0.2, 0.25) is 0 Å². The van der Waals surface area contributed by atoms with Crippen LogP contribution in [0.15, 0.2) is 0 Å². The van der Waals surface area contributed by atoms with Gasteiger partial charge in [-0.3, -0.25) is 4.79 Å². The van der Waals surface area contributed by atoms with Crippen molar-refractivity contribution >= 4 is 11.9 Å². The van der Waals surface area contributed by atoms with Gasteiger partial charge in [0, 0.05) is 25.7 Å². The molecule has 110 valence electrons. The summed E-state index contributed by atoms with van der Waals surface area (Å²) in [4.78, 5) is 27.6. The summed E-state index contributed by atoms with van der Waals surface area (Å²) < 4.78 is 0. The van der Waals surface area contributed by atoms with Crippen molar-refractivity contribution < 1.29 is 9.59 Å². The first-order chi connectivity index (χ1) is 8.95. The first kappa shape index (κ1) is 15.8. The Bertz CT molecular complexity index is 322. The highest BCUT2D eigenvalue weighted by Gasteiger charge is 2.30. The van der Waals surface area contributed by atoms with Gasteiger partial charge in [0.25, 0.3) is 0 Å². The topological polar surface area (TPSA) is 78.7 Å². The Labute approximate surface area is 115 Å². The number of nitrogens with zero attached hydrogens (tertiary/aromatic N) is 2. The molecular formula is C13H26N4O2. The predicted molar refractivity (Wildman–Crippen MR) is 74.7 cm³/mol. The maximum atomic E-state index is 12.5. The molecule has 0 aromatic carbocycles. The Kier molecular flexibility index (Phi) is 6.08. The number of primary amides is 1. The van der Waals surface area contributed by atoms with Gasteiger partial charge in [0.2, 0.25) is 5.91 Å². The van der Waals surface area contributed by atoms with Crippen molar-refractivity contribution in [2.75, 3.05) is 26.7 Å². The molecule has 1 fully saturated rings. The van der Waals surface area contributed by atoms with Crippen molar-refractivity contribution in [3.8, 4) is 0 Å². The van der Waals surface area contributed by atoms with Crippen LogP contribution in [0.1, 0.15) is 33.1 Å². The zero-order chi connectivity index (χ0) is 14.4. The lowest BCUT2D eigenvalue weighted by Crippen LogP contribution is -2.58. The first-order valence-electron chi connectivity index (χ1n) is 7.00. The summed E-state index contributed by atoms with van der Waals surface area (Å²) in [6, 6.07) is -0.940. The number of amides is 3. The van der Waals surface area contributed by atoms with E-state index in [1.54, 1.807) is 0 Å². The number of likely N-dealkylation sites (N-methyl/N-ethyl adjacent to an activating group) is 1. The zero-order valence-corrected chi connectivity index (χ0v) is 12.2. The van der Waals surface area contributed by atoms with E-state index in [2.05, 4.69) is 24.2 Å². The van der Waals surface area contributed by atoms with Gasteiger partial charge < -0.3 is 20.9 Å². The third-order valence-electron chi connectivity index (χ3n) is 3.57. The number of carbonyl (C=O) groups excluding carboxylic acids is 2. The minimum Gasteiger partial charge on any atom is -0.352 e. The van der Waals surface area contributed by atoms with Gasteiger partial charge in [-0.05, 0) is 20.4 Å². The van der Waals surface area contributed by atoms with Crippen molar-refractivity contribution in [2.45, 2.75) is 45.2 Å². The predicted octanol–water partition coefficient (Wildman–Crippen LogP) is 0.376. The number of hydrogen-bond donors (Lipinski definition) is 2. The molecule has 0 aromatic heterocycles. The maximum absolute atomic E-state index is 12.5. The second kappa shape index (κ2) is 7.33. The normalized spacial score (nSPS) is 22.1. The Balaban J connectivity index is 2.66. The van der Waals surface area contributed by atoms with Crippen LogP contribution in [-0.4, -0.2) is 60.5 Å². The average Bonchev–Trinajstić information content (AvgIpc) is 2.33. The van der Waals surface area contributed by atoms with Crippen LogP contribution in [0.4, 0.5) is 4.79 Å². The van der Waals surface area contributed by atoms with Crippen molar-refractivity contribution in [2.24, 2.45) is 5.73 Å². The van der Waals surface area contributed by atoms with E-state index in [-0.39, 0.29) is 11.9 Å². The smallest absolute Gasteiger partial charge is 0.312 e. The molecule has 19 heavy (non-hydrogen) atoms. The molecule has 1 rings (SSSR count). The number of unbranched alkanes of at least 4 members (excludes halogenated alkanes) is 1. The number of nitrogens with two attached hydrogens (primary N) is 1. The largest absolute Gasteiger partial charge is 0.352 e. The van der Waals surface area contributed by atoms with Crippen LogP contribution in [0.3, 0.4) is 0 Å². The zero-order valence-electron chi connectivity index (χ0n) is 12.2. The molecule has 1 aliphatic rings. The number of piperazine rings is 1. The summed E-state index contributed by atoms with van der Waals surface area (Å²) in [5.41, 5.74) is 5.16. The molecule has 1 heterocycles. The van der Waals surface area contributed by atoms with Gasteiger partial charge in [-0.25, -0.2) is 4.79 Å². The van der Waals surface area contributed by atoms with E-state index in [0.717, 1.165) is 25.9 Å². The van der Waals surface area contributed by atoms with Gasteiger partial charge >= 0.3 is 6.03 Å². The Morgan fingerprint density at radius 3 is 2.63 bits per heavy atom. The molecule has 2 atom stereocenters. The van der Waals surface area contributed by atoms with Gasteiger partial charge in [-0.2, -0.15) is 0 Å². The highest BCUT2D eigenvalue weighted by Crippen LogP contribution is 2.12. The minimum absolute atomic E-state index is 0.00662. The lowest BCUT2D eigenvalue weighted by molar-refractivity contribution is -0.137. The molecule has 1 aliphatic heterocycles. The highest BCUT2D eigenvalue weighted by atomic mass is 16.2. The number of carbonyl (C=O) groups is 2. The molecular weight excluding hydrogens is 244 g/mol. The molecule has 0 aliphatic carbocycles. The second-order valence-electron chi connectivity index (χ2n) is 5.35. The van der Waals surface area contributed by atoms with E-state index >= 15 is 0 Å². The van der Waals surface area contributed by atoms with Crippen molar-refractivity contribution in [3.05, 3.63) is 0 Å². The summed E-state index contributed by atoms with van der Waals surface area (Å²) in [7, 11) is 2.05. The van der Waals surface area contributed by atoms with Gasteiger partial charge in [-0.15, -0.1) is 0 Å². The van der Waals surface area contributed by atoms with E-state index < -0.39 is 12.1 Å². The van der Waals surface area contributed by atoms with Crippen LogP contribution in [0.25, 0.3) is 0 Å². The van der Waals surface area contributed by atoms with Crippen LogP contribution in [0.5, 0.6) is 0 Å². The third-order valence-corrected chi connectivity index (χ3v) is 3.57. The Morgan fingerprint density at radius 2 is 2.11 bits per heavy atom. The summed E-state index contributed by atoms with van der Waals surface area (Å²) in [6.07, 6.45) is 2.54. The minimum atomic E-state index is -0.628. The van der Waals surface area contributed by atoms with Crippen LogP contribution < -0.4 is 11.1 Å². The van der Waals surface area contributed by atoms with Crippen LogP contribution in [0, 0.1) is 0 Å². The fraction of sp³-hybridized carbons (Fsp3) is 0.846. The van der Waals surface area contributed by atoms with Crippen molar-refractivity contribution in [1.82, 2.24) is 15.1 Å². The summed E-state index contributed by atoms with van der Waals surface area (Å²) >= 11 is 0. The average molecular weight is 270 g/mol. The van der Waals surface area contributed by atoms with E-state index in [9.17, 15) is 9.59 Å². The van der Waals surface area contributed by atoms with Gasteiger partial charge in [-0.1, -0.05) is 19.8 Å². The third kappa shape index (κ3) is 4.70. The van der Waals surface area contributed by atoms with E-state index in [1.807, 2.05) is 11.8 Å². The van der Waals surface area contributed by atoms with Crippen LogP contribution in [-0.2, 0) is 4.79 Å². The first-order valence-corrected chi connectivity index (χ1v) is 7.00. The highest BCUT2D eigenvalue weighted by molar-refractivity contribution is 5.86. The second-order valence-corrected chi connectivity index (χ2v) is 5.35. The molecule has 0 spiro atoms. The maximum Gasteiger partial charge on any atom is 0.312 e. The fourth-order valence-electron chi connectivity index (χ4n) is 2.50.